The number of carbonyl (C=O) groups is 2. The minimum absolute atomic E-state index is 0.0841. The van der Waals surface area contributed by atoms with Crippen molar-refractivity contribution >= 4 is 27.4 Å². The van der Waals surface area contributed by atoms with Gasteiger partial charge in [-0.1, -0.05) is 12.1 Å². The predicted molar refractivity (Wildman–Crippen MR) is 104 cm³/mol. The molecule has 9 heteroatoms. The van der Waals surface area contributed by atoms with E-state index >= 15 is 0 Å². The van der Waals surface area contributed by atoms with Crippen molar-refractivity contribution in [3.8, 4) is 11.5 Å². The Balaban J connectivity index is 2.40. The first kappa shape index (κ1) is 21.2. The number of benzene rings is 2. The normalized spacial score (nSPS) is 10.9. The van der Waals surface area contributed by atoms with Gasteiger partial charge in [0.2, 0.25) is 0 Å². The highest BCUT2D eigenvalue weighted by Gasteiger charge is 2.20. The molecule has 0 bridgehead atoms. The molecule has 0 spiro atoms. The lowest BCUT2D eigenvalue weighted by Crippen LogP contribution is -2.16. The van der Waals surface area contributed by atoms with Crippen LogP contribution in [0.15, 0.2) is 36.4 Å². The van der Waals surface area contributed by atoms with E-state index in [4.69, 9.17) is 14.2 Å². The molecule has 0 aliphatic rings. The summed E-state index contributed by atoms with van der Waals surface area (Å²) in [6.07, 6.45) is 1.12. The molecule has 1 N–H and O–H groups in total. The third-order valence-electron chi connectivity index (χ3n) is 3.80. The maximum Gasteiger partial charge on any atom is 0.340 e. The minimum Gasteiger partial charge on any atom is -0.493 e. The lowest BCUT2D eigenvalue weighted by atomic mass is 10.1. The fourth-order valence-electron chi connectivity index (χ4n) is 2.56. The topological polar surface area (TPSA) is 108 Å². The van der Waals surface area contributed by atoms with Gasteiger partial charge in [0.25, 0.3) is 5.91 Å². The van der Waals surface area contributed by atoms with Crippen LogP contribution in [0.2, 0.25) is 0 Å². The summed E-state index contributed by atoms with van der Waals surface area (Å²) in [6, 6.07) is 9.08. The highest BCUT2D eigenvalue weighted by molar-refractivity contribution is 7.89. The van der Waals surface area contributed by atoms with Gasteiger partial charge < -0.3 is 19.5 Å². The first-order chi connectivity index (χ1) is 13.2. The van der Waals surface area contributed by atoms with E-state index in [2.05, 4.69) is 5.32 Å². The van der Waals surface area contributed by atoms with Gasteiger partial charge in [0, 0.05) is 24.0 Å². The number of amides is 1. The van der Waals surface area contributed by atoms with Crippen molar-refractivity contribution < 1.29 is 32.2 Å². The fraction of sp³-hybridized carbons (Fsp3) is 0.263. The van der Waals surface area contributed by atoms with E-state index in [1.54, 1.807) is 18.2 Å². The Bertz CT molecular complexity index is 999. The van der Waals surface area contributed by atoms with E-state index in [0.29, 0.717) is 17.1 Å². The maximum atomic E-state index is 12.7. The van der Waals surface area contributed by atoms with Crippen LogP contribution in [-0.4, -0.2) is 47.9 Å². The van der Waals surface area contributed by atoms with Gasteiger partial charge >= 0.3 is 5.97 Å². The Kier molecular flexibility index (Phi) is 6.63. The summed E-state index contributed by atoms with van der Waals surface area (Å²) in [5, 5.41) is 2.63. The second-order valence-corrected chi connectivity index (χ2v) is 8.11. The molecule has 0 aliphatic heterocycles. The zero-order valence-corrected chi connectivity index (χ0v) is 16.8. The molecule has 0 heterocycles. The van der Waals surface area contributed by atoms with Crippen LogP contribution in [0.1, 0.15) is 26.3 Å². The molecular weight excluding hydrogens is 386 g/mol. The average molecular weight is 407 g/mol. The molecule has 0 saturated carbocycles. The number of esters is 1. The minimum atomic E-state index is -3.24. The molecule has 2 aromatic carbocycles. The van der Waals surface area contributed by atoms with Gasteiger partial charge in [-0.3, -0.25) is 4.79 Å². The Hall–Kier alpha value is -3.07. The summed E-state index contributed by atoms with van der Waals surface area (Å²) >= 11 is 0. The van der Waals surface area contributed by atoms with Crippen LogP contribution in [0.25, 0.3) is 0 Å². The standard InChI is InChI=1S/C19H21NO7S/c1-25-16-9-14(19(22)27-3)15(10-17(16)26-2)20-18(21)13-7-5-6-12(8-13)11-28(4,23)24/h5-10H,11H2,1-4H3,(H,20,21). The molecule has 0 aromatic heterocycles. The molecule has 0 aliphatic carbocycles. The Labute approximate surface area is 163 Å². The molecule has 2 rings (SSSR count). The molecule has 150 valence electrons. The van der Waals surface area contributed by atoms with Crippen LogP contribution < -0.4 is 14.8 Å². The summed E-state index contributed by atoms with van der Waals surface area (Å²) < 4.78 is 38.1. The molecular formula is C19H21NO7S. The van der Waals surface area contributed by atoms with Gasteiger partial charge in [-0.15, -0.1) is 0 Å². The van der Waals surface area contributed by atoms with Crippen molar-refractivity contribution in [1.29, 1.82) is 0 Å². The fourth-order valence-corrected chi connectivity index (χ4v) is 3.35. The smallest absolute Gasteiger partial charge is 0.340 e. The number of sulfone groups is 1. The van der Waals surface area contributed by atoms with Crippen LogP contribution in [0.3, 0.4) is 0 Å². The van der Waals surface area contributed by atoms with E-state index in [-0.39, 0.29) is 22.6 Å². The zero-order chi connectivity index (χ0) is 20.9. The van der Waals surface area contributed by atoms with Gasteiger partial charge in [-0.25, -0.2) is 13.2 Å². The summed E-state index contributed by atoms with van der Waals surface area (Å²) in [5.74, 6) is -0.750. The van der Waals surface area contributed by atoms with Crippen LogP contribution >= 0.6 is 0 Å². The SMILES string of the molecule is COC(=O)c1cc(OC)c(OC)cc1NC(=O)c1cccc(CS(C)(=O)=O)c1. The third-order valence-corrected chi connectivity index (χ3v) is 4.65. The van der Waals surface area contributed by atoms with Crippen LogP contribution in [0, 0.1) is 0 Å². The Morgan fingerprint density at radius 2 is 1.64 bits per heavy atom. The largest absolute Gasteiger partial charge is 0.493 e. The molecule has 8 nitrogen and oxygen atoms in total. The number of carbonyl (C=O) groups excluding carboxylic acids is 2. The number of ether oxygens (including phenoxy) is 3. The molecule has 2 aromatic rings. The van der Waals surface area contributed by atoms with Crippen molar-refractivity contribution in [1.82, 2.24) is 0 Å². The molecule has 28 heavy (non-hydrogen) atoms. The van der Waals surface area contributed by atoms with E-state index in [0.717, 1.165) is 6.26 Å². The van der Waals surface area contributed by atoms with Crippen molar-refractivity contribution in [2.75, 3.05) is 32.9 Å². The summed E-state index contributed by atoms with van der Waals surface area (Å²) in [4.78, 5) is 24.8. The highest BCUT2D eigenvalue weighted by atomic mass is 32.2. The monoisotopic (exact) mass is 407 g/mol. The van der Waals surface area contributed by atoms with Gasteiger partial charge in [-0.2, -0.15) is 0 Å². The molecule has 0 saturated heterocycles. The third kappa shape index (κ3) is 5.23. The van der Waals surface area contributed by atoms with Gasteiger partial charge in [0.1, 0.15) is 0 Å². The van der Waals surface area contributed by atoms with Crippen molar-refractivity contribution in [3.05, 3.63) is 53.1 Å². The lowest BCUT2D eigenvalue weighted by molar-refractivity contribution is 0.0601. The Morgan fingerprint density at radius 1 is 1.00 bits per heavy atom. The van der Waals surface area contributed by atoms with Crippen molar-refractivity contribution in [2.24, 2.45) is 0 Å². The number of hydrogen-bond acceptors (Lipinski definition) is 7. The van der Waals surface area contributed by atoms with E-state index in [9.17, 15) is 18.0 Å². The zero-order valence-electron chi connectivity index (χ0n) is 15.9. The van der Waals surface area contributed by atoms with Crippen molar-refractivity contribution in [3.63, 3.8) is 0 Å². The van der Waals surface area contributed by atoms with E-state index in [1.807, 2.05) is 0 Å². The molecule has 0 atom stereocenters. The van der Waals surface area contributed by atoms with Crippen molar-refractivity contribution in [2.45, 2.75) is 5.75 Å². The number of rotatable bonds is 7. The molecule has 0 unspecified atom stereocenters. The van der Waals surface area contributed by atoms with Gasteiger partial charge in [0.05, 0.1) is 38.3 Å². The second kappa shape index (κ2) is 8.75. The van der Waals surface area contributed by atoms with Crippen LogP contribution in [-0.2, 0) is 20.3 Å². The Morgan fingerprint density at radius 3 is 2.21 bits per heavy atom. The van der Waals surface area contributed by atoms with E-state index in [1.165, 1.54) is 39.5 Å². The summed E-state index contributed by atoms with van der Waals surface area (Å²) in [5.41, 5.74) is 0.978. The van der Waals surface area contributed by atoms with Gasteiger partial charge in [-0.05, 0) is 17.7 Å². The van der Waals surface area contributed by atoms with Gasteiger partial charge in [0.15, 0.2) is 21.3 Å². The summed E-state index contributed by atoms with van der Waals surface area (Å²) in [7, 11) is 0.829. The second-order valence-electron chi connectivity index (χ2n) is 5.97. The first-order valence-electron chi connectivity index (χ1n) is 8.11. The quantitative estimate of drug-likeness (QED) is 0.702. The van der Waals surface area contributed by atoms with Crippen LogP contribution in [0.5, 0.6) is 11.5 Å². The number of methoxy groups -OCH3 is 3. The number of anilines is 1. The number of hydrogen-bond donors (Lipinski definition) is 1. The van der Waals surface area contributed by atoms with Crippen LogP contribution in [0.4, 0.5) is 5.69 Å². The highest BCUT2D eigenvalue weighted by Crippen LogP contribution is 2.34. The molecule has 1 amide bonds. The average Bonchev–Trinajstić information content (AvgIpc) is 2.65. The summed E-state index contributed by atoms with van der Waals surface area (Å²) in [6.45, 7) is 0. The molecule has 0 fully saturated rings. The maximum absolute atomic E-state index is 12.7. The van der Waals surface area contributed by atoms with E-state index < -0.39 is 21.7 Å². The number of nitrogens with one attached hydrogen (secondary N) is 1. The lowest BCUT2D eigenvalue weighted by Gasteiger charge is -2.15. The first-order valence-corrected chi connectivity index (χ1v) is 10.2. The molecule has 0 radical (unpaired) electrons. The predicted octanol–water partition coefficient (Wildman–Crippen LogP) is 2.29.